The molecule has 3 rings (SSSR count). The van der Waals surface area contributed by atoms with Gasteiger partial charge in [0.15, 0.2) is 0 Å². The Balaban J connectivity index is 1.94. The third-order valence-corrected chi connectivity index (χ3v) is 5.42. The summed E-state index contributed by atoms with van der Waals surface area (Å²) >= 11 is 7.33. The SMILES string of the molecule is CCCNC(c1cc(Br)ccc1Br)C1Cc2ccccc21. The molecule has 2 unspecified atom stereocenters. The Hall–Kier alpha value is -0.640. The van der Waals surface area contributed by atoms with Crippen molar-refractivity contribution >= 4 is 31.9 Å². The van der Waals surface area contributed by atoms with Gasteiger partial charge >= 0.3 is 0 Å². The third kappa shape index (κ3) is 3.10. The van der Waals surface area contributed by atoms with Gasteiger partial charge < -0.3 is 5.32 Å². The monoisotopic (exact) mass is 407 g/mol. The second kappa shape index (κ2) is 6.64. The molecular weight excluding hydrogens is 390 g/mol. The zero-order valence-corrected chi connectivity index (χ0v) is 15.2. The van der Waals surface area contributed by atoms with Gasteiger partial charge in [-0.15, -0.1) is 0 Å². The van der Waals surface area contributed by atoms with Crippen molar-refractivity contribution in [2.75, 3.05) is 6.54 Å². The number of rotatable bonds is 5. The highest BCUT2D eigenvalue weighted by molar-refractivity contribution is 9.11. The summed E-state index contributed by atoms with van der Waals surface area (Å²) in [6.45, 7) is 3.26. The van der Waals surface area contributed by atoms with Crippen LogP contribution in [-0.4, -0.2) is 6.54 Å². The number of hydrogen-bond donors (Lipinski definition) is 1. The first-order valence-electron chi connectivity index (χ1n) is 7.47. The predicted molar refractivity (Wildman–Crippen MR) is 95.8 cm³/mol. The molecule has 2 aromatic carbocycles. The molecule has 1 N–H and O–H groups in total. The number of halogens is 2. The number of fused-ring (bicyclic) bond motifs is 1. The number of benzene rings is 2. The molecule has 0 fully saturated rings. The van der Waals surface area contributed by atoms with Gasteiger partial charge in [-0.1, -0.05) is 63.0 Å². The van der Waals surface area contributed by atoms with Crippen molar-refractivity contribution < 1.29 is 0 Å². The molecule has 2 atom stereocenters. The first-order chi connectivity index (χ1) is 10.2. The zero-order chi connectivity index (χ0) is 14.8. The van der Waals surface area contributed by atoms with Gasteiger partial charge in [0.1, 0.15) is 0 Å². The van der Waals surface area contributed by atoms with Crippen molar-refractivity contribution in [2.24, 2.45) is 0 Å². The van der Waals surface area contributed by atoms with Crippen molar-refractivity contribution in [1.29, 1.82) is 0 Å². The fourth-order valence-corrected chi connectivity index (χ4v) is 3.99. The van der Waals surface area contributed by atoms with E-state index in [1.165, 1.54) is 21.2 Å². The van der Waals surface area contributed by atoms with Crippen LogP contribution in [0.15, 0.2) is 51.4 Å². The average Bonchev–Trinajstić information content (AvgIpc) is 2.46. The van der Waals surface area contributed by atoms with Gasteiger partial charge in [0, 0.05) is 20.9 Å². The molecule has 3 heteroatoms. The molecular formula is C18H19Br2N. The minimum Gasteiger partial charge on any atom is -0.309 e. The van der Waals surface area contributed by atoms with E-state index in [1.54, 1.807) is 0 Å². The largest absolute Gasteiger partial charge is 0.309 e. The Labute approximate surface area is 143 Å². The third-order valence-electron chi connectivity index (χ3n) is 4.20. The second-order valence-electron chi connectivity index (χ2n) is 5.61. The quantitative estimate of drug-likeness (QED) is 0.679. The maximum absolute atomic E-state index is 3.75. The van der Waals surface area contributed by atoms with Crippen LogP contribution in [0.3, 0.4) is 0 Å². The lowest BCUT2D eigenvalue weighted by Gasteiger charge is -2.38. The van der Waals surface area contributed by atoms with E-state index >= 15 is 0 Å². The van der Waals surface area contributed by atoms with Gasteiger partial charge in [0.25, 0.3) is 0 Å². The lowest BCUT2D eigenvalue weighted by Crippen LogP contribution is -2.34. The van der Waals surface area contributed by atoms with Gasteiger partial charge in [-0.05, 0) is 54.3 Å². The molecule has 1 nitrogen and oxygen atoms in total. The molecule has 0 aromatic heterocycles. The van der Waals surface area contributed by atoms with E-state index in [2.05, 4.69) is 86.6 Å². The molecule has 0 aliphatic heterocycles. The van der Waals surface area contributed by atoms with Gasteiger partial charge in [0.2, 0.25) is 0 Å². The molecule has 0 radical (unpaired) electrons. The summed E-state index contributed by atoms with van der Waals surface area (Å²) in [5.41, 5.74) is 4.34. The number of nitrogens with one attached hydrogen (secondary N) is 1. The van der Waals surface area contributed by atoms with Gasteiger partial charge in [-0.3, -0.25) is 0 Å². The fourth-order valence-electron chi connectivity index (χ4n) is 3.12. The van der Waals surface area contributed by atoms with Crippen molar-refractivity contribution in [2.45, 2.75) is 31.7 Å². The lowest BCUT2D eigenvalue weighted by molar-refractivity contribution is 0.410. The van der Waals surface area contributed by atoms with Crippen molar-refractivity contribution in [3.63, 3.8) is 0 Å². The summed E-state index contributed by atoms with van der Waals surface area (Å²) < 4.78 is 2.32. The minimum atomic E-state index is 0.367. The minimum absolute atomic E-state index is 0.367. The molecule has 0 saturated heterocycles. The van der Waals surface area contributed by atoms with Crippen LogP contribution >= 0.6 is 31.9 Å². The normalized spacial score (nSPS) is 18.0. The highest BCUT2D eigenvalue weighted by Crippen LogP contribution is 2.45. The predicted octanol–water partition coefficient (Wildman–Crippen LogP) is 5.59. The molecule has 21 heavy (non-hydrogen) atoms. The van der Waals surface area contributed by atoms with E-state index in [0.717, 1.165) is 23.9 Å². The standard InChI is InChI=1S/C18H19Br2N/c1-2-9-21-18(16-11-13(19)7-8-17(16)20)15-10-12-5-3-4-6-14(12)15/h3-8,11,15,18,21H,2,9-10H2,1H3. The summed E-state index contributed by atoms with van der Waals surface area (Å²) in [7, 11) is 0. The first-order valence-corrected chi connectivity index (χ1v) is 9.05. The molecule has 2 aromatic rings. The van der Waals surface area contributed by atoms with Crippen molar-refractivity contribution in [3.05, 3.63) is 68.1 Å². The van der Waals surface area contributed by atoms with Crippen LogP contribution in [0.25, 0.3) is 0 Å². The van der Waals surface area contributed by atoms with E-state index in [-0.39, 0.29) is 0 Å². The summed E-state index contributed by atoms with van der Waals surface area (Å²) in [4.78, 5) is 0. The van der Waals surface area contributed by atoms with E-state index in [9.17, 15) is 0 Å². The fraction of sp³-hybridized carbons (Fsp3) is 0.333. The van der Waals surface area contributed by atoms with Crippen molar-refractivity contribution in [1.82, 2.24) is 5.32 Å². The van der Waals surface area contributed by atoms with Gasteiger partial charge in [-0.2, -0.15) is 0 Å². The van der Waals surface area contributed by atoms with Crippen LogP contribution < -0.4 is 5.32 Å². The zero-order valence-electron chi connectivity index (χ0n) is 12.1. The molecule has 0 spiro atoms. The Morgan fingerprint density at radius 3 is 2.76 bits per heavy atom. The van der Waals surface area contributed by atoms with Crippen LogP contribution in [0, 0.1) is 0 Å². The van der Waals surface area contributed by atoms with Crippen LogP contribution in [0.1, 0.15) is 42.0 Å². The van der Waals surface area contributed by atoms with E-state index in [0.29, 0.717) is 12.0 Å². The van der Waals surface area contributed by atoms with Crippen LogP contribution in [0.5, 0.6) is 0 Å². The molecule has 0 saturated carbocycles. The topological polar surface area (TPSA) is 12.0 Å². The molecule has 1 aliphatic carbocycles. The average molecular weight is 409 g/mol. The first kappa shape index (κ1) is 15.3. The summed E-state index contributed by atoms with van der Waals surface area (Å²) in [6, 6.07) is 15.6. The molecule has 0 amide bonds. The Kier molecular flexibility index (Phi) is 4.82. The summed E-state index contributed by atoms with van der Waals surface area (Å²) in [5, 5.41) is 3.75. The summed E-state index contributed by atoms with van der Waals surface area (Å²) in [6.07, 6.45) is 2.31. The molecule has 1 aliphatic rings. The number of hydrogen-bond acceptors (Lipinski definition) is 1. The van der Waals surface area contributed by atoms with Gasteiger partial charge in [-0.25, -0.2) is 0 Å². The van der Waals surface area contributed by atoms with Crippen LogP contribution in [-0.2, 0) is 6.42 Å². The second-order valence-corrected chi connectivity index (χ2v) is 7.38. The van der Waals surface area contributed by atoms with E-state index < -0.39 is 0 Å². The maximum atomic E-state index is 3.75. The molecule has 110 valence electrons. The van der Waals surface area contributed by atoms with Gasteiger partial charge in [0.05, 0.1) is 0 Å². The molecule has 0 bridgehead atoms. The highest BCUT2D eigenvalue weighted by atomic mass is 79.9. The smallest absolute Gasteiger partial charge is 0.0404 e. The lowest BCUT2D eigenvalue weighted by atomic mass is 9.71. The molecule has 0 heterocycles. The Morgan fingerprint density at radius 2 is 2.00 bits per heavy atom. The van der Waals surface area contributed by atoms with Crippen LogP contribution in [0.4, 0.5) is 0 Å². The summed E-state index contributed by atoms with van der Waals surface area (Å²) in [5.74, 6) is 0.568. The highest BCUT2D eigenvalue weighted by Gasteiger charge is 2.34. The van der Waals surface area contributed by atoms with E-state index in [4.69, 9.17) is 0 Å². The maximum Gasteiger partial charge on any atom is 0.0404 e. The van der Waals surface area contributed by atoms with Crippen LogP contribution in [0.2, 0.25) is 0 Å². The van der Waals surface area contributed by atoms with Crippen molar-refractivity contribution in [3.8, 4) is 0 Å². The Bertz CT molecular complexity index is 639. The van der Waals surface area contributed by atoms with E-state index in [1.807, 2.05) is 0 Å². The Morgan fingerprint density at radius 1 is 1.19 bits per heavy atom.